The molecule has 0 aliphatic heterocycles. The monoisotopic (exact) mass is 350 g/mol. The summed E-state index contributed by atoms with van der Waals surface area (Å²) >= 11 is 2.66. The molecule has 0 radical (unpaired) electrons. The number of carbonyl (C=O) groups is 2. The van der Waals surface area contributed by atoms with Crippen LogP contribution in [0.4, 0.5) is 5.13 Å². The van der Waals surface area contributed by atoms with E-state index in [0.29, 0.717) is 11.0 Å². The molecule has 0 fully saturated rings. The van der Waals surface area contributed by atoms with Gasteiger partial charge in [0.1, 0.15) is 0 Å². The number of amides is 1. The second-order valence-corrected chi connectivity index (χ2v) is 5.96. The summed E-state index contributed by atoms with van der Waals surface area (Å²) in [5.74, 6) is -0.255. The molecule has 3 rings (SSSR count). The molecule has 0 atom stereocenters. The largest absolute Gasteiger partial charge is 0.451 e. The van der Waals surface area contributed by atoms with Gasteiger partial charge in [-0.25, -0.2) is 9.78 Å². The maximum Gasteiger partial charge on any atom is 0.358 e. The Morgan fingerprint density at radius 3 is 2.96 bits per heavy atom. The van der Waals surface area contributed by atoms with Crippen molar-refractivity contribution in [3.8, 4) is 11.4 Å². The van der Waals surface area contributed by atoms with E-state index in [1.807, 2.05) is 16.8 Å². The van der Waals surface area contributed by atoms with Crippen LogP contribution >= 0.6 is 22.7 Å². The van der Waals surface area contributed by atoms with Gasteiger partial charge in [-0.3, -0.25) is 4.79 Å². The molecule has 8 nitrogen and oxygen atoms in total. The highest BCUT2D eigenvalue weighted by Gasteiger charge is 2.15. The number of ether oxygens (including phenoxy) is 1. The lowest BCUT2D eigenvalue weighted by Crippen LogP contribution is -2.08. The number of thiazole rings is 1. The summed E-state index contributed by atoms with van der Waals surface area (Å²) in [4.78, 5) is 30.9. The van der Waals surface area contributed by atoms with Gasteiger partial charge in [-0.2, -0.15) is 16.3 Å². The van der Waals surface area contributed by atoms with Crippen LogP contribution in [0.2, 0.25) is 0 Å². The fourth-order valence-corrected chi connectivity index (χ4v) is 2.96. The summed E-state index contributed by atoms with van der Waals surface area (Å²) < 4.78 is 10.1. The van der Waals surface area contributed by atoms with Gasteiger partial charge in [-0.1, -0.05) is 5.16 Å². The highest BCUT2D eigenvalue weighted by Crippen LogP contribution is 2.19. The average molecular weight is 350 g/mol. The van der Waals surface area contributed by atoms with Crippen molar-refractivity contribution < 1.29 is 18.8 Å². The summed E-state index contributed by atoms with van der Waals surface area (Å²) in [6.07, 6.45) is 0. The van der Waals surface area contributed by atoms with Crippen LogP contribution in [0.15, 0.2) is 26.7 Å². The Labute approximate surface area is 138 Å². The van der Waals surface area contributed by atoms with E-state index < -0.39 is 5.97 Å². The van der Waals surface area contributed by atoms with Gasteiger partial charge in [0.25, 0.3) is 5.89 Å². The third-order valence-electron chi connectivity index (χ3n) is 2.57. The summed E-state index contributed by atoms with van der Waals surface area (Å²) in [5.41, 5.74) is 0.951. The van der Waals surface area contributed by atoms with Gasteiger partial charge >= 0.3 is 5.97 Å². The van der Waals surface area contributed by atoms with Crippen LogP contribution in [0.1, 0.15) is 23.3 Å². The predicted octanol–water partition coefficient (Wildman–Crippen LogP) is 2.57. The fraction of sp³-hybridized carbons (Fsp3) is 0.154. The minimum absolute atomic E-state index is 0.108. The number of thiophene rings is 1. The zero-order valence-corrected chi connectivity index (χ0v) is 13.4. The normalized spacial score (nSPS) is 10.5. The maximum absolute atomic E-state index is 11.9. The number of aromatic nitrogens is 3. The fourth-order valence-electron chi connectivity index (χ4n) is 1.60. The first-order valence-corrected chi connectivity index (χ1v) is 8.19. The molecule has 118 valence electrons. The third kappa shape index (κ3) is 3.79. The molecule has 10 heteroatoms. The first-order chi connectivity index (χ1) is 11.1. The topological polar surface area (TPSA) is 107 Å². The van der Waals surface area contributed by atoms with E-state index in [1.54, 1.807) is 0 Å². The smallest absolute Gasteiger partial charge is 0.358 e. The number of esters is 1. The number of nitrogens with zero attached hydrogens (tertiary/aromatic N) is 3. The SMILES string of the molecule is CC(=O)Nc1nc(C(=O)OCc2nc(-c3ccsc3)no2)cs1. The summed E-state index contributed by atoms with van der Waals surface area (Å²) in [6, 6.07) is 1.87. The van der Waals surface area contributed by atoms with E-state index in [2.05, 4.69) is 20.4 Å². The van der Waals surface area contributed by atoms with Crippen molar-refractivity contribution in [2.45, 2.75) is 13.5 Å². The molecule has 1 amide bonds. The van der Waals surface area contributed by atoms with Crippen LogP contribution in [0.5, 0.6) is 0 Å². The molecule has 0 unspecified atom stereocenters. The Morgan fingerprint density at radius 1 is 1.35 bits per heavy atom. The van der Waals surface area contributed by atoms with Crippen LogP contribution in [0, 0.1) is 0 Å². The maximum atomic E-state index is 11.9. The van der Waals surface area contributed by atoms with Gasteiger partial charge in [-0.15, -0.1) is 11.3 Å². The summed E-state index contributed by atoms with van der Waals surface area (Å²) in [6.45, 7) is 1.21. The van der Waals surface area contributed by atoms with Crippen molar-refractivity contribution in [3.05, 3.63) is 33.8 Å². The Bertz CT molecular complexity index is 825. The van der Waals surface area contributed by atoms with Crippen LogP contribution < -0.4 is 5.32 Å². The number of hydrogen-bond donors (Lipinski definition) is 1. The van der Waals surface area contributed by atoms with E-state index in [-0.39, 0.29) is 24.1 Å². The number of nitrogens with one attached hydrogen (secondary N) is 1. The van der Waals surface area contributed by atoms with E-state index in [1.165, 1.54) is 23.6 Å². The quantitative estimate of drug-likeness (QED) is 0.705. The van der Waals surface area contributed by atoms with Gasteiger partial charge in [0.15, 0.2) is 17.4 Å². The first-order valence-electron chi connectivity index (χ1n) is 6.37. The van der Waals surface area contributed by atoms with Crippen LogP contribution in [0.25, 0.3) is 11.4 Å². The molecule has 3 heterocycles. The molecule has 0 aromatic carbocycles. The minimum atomic E-state index is -0.631. The Kier molecular flexibility index (Phi) is 4.44. The van der Waals surface area contributed by atoms with E-state index in [9.17, 15) is 9.59 Å². The standard InChI is InChI=1S/C13H10N4O4S2/c1-7(18)14-13-15-9(6-23-13)12(19)20-4-10-16-11(17-21-10)8-2-3-22-5-8/h2-3,5-6H,4H2,1H3,(H,14,15,18). The molecular weight excluding hydrogens is 340 g/mol. The van der Waals surface area contributed by atoms with Crippen molar-refractivity contribution in [2.75, 3.05) is 5.32 Å². The molecule has 0 spiro atoms. The van der Waals surface area contributed by atoms with Crippen molar-refractivity contribution in [1.29, 1.82) is 0 Å². The lowest BCUT2D eigenvalue weighted by atomic mass is 10.3. The molecular formula is C13H10N4O4S2. The highest BCUT2D eigenvalue weighted by atomic mass is 32.1. The molecule has 0 saturated heterocycles. The first kappa shape index (κ1) is 15.3. The number of rotatable bonds is 5. The lowest BCUT2D eigenvalue weighted by Gasteiger charge is -1.98. The van der Waals surface area contributed by atoms with Crippen molar-refractivity contribution in [1.82, 2.24) is 15.1 Å². The molecule has 0 aliphatic carbocycles. The van der Waals surface area contributed by atoms with Gasteiger partial charge < -0.3 is 14.6 Å². The summed E-state index contributed by atoms with van der Waals surface area (Å²) in [7, 11) is 0. The zero-order chi connectivity index (χ0) is 16.2. The predicted molar refractivity (Wildman–Crippen MR) is 83.1 cm³/mol. The van der Waals surface area contributed by atoms with E-state index in [4.69, 9.17) is 9.26 Å². The van der Waals surface area contributed by atoms with E-state index >= 15 is 0 Å². The third-order valence-corrected chi connectivity index (χ3v) is 4.01. The molecule has 3 aromatic heterocycles. The molecule has 0 aliphatic rings. The molecule has 23 heavy (non-hydrogen) atoms. The van der Waals surface area contributed by atoms with Crippen LogP contribution in [-0.4, -0.2) is 27.0 Å². The minimum Gasteiger partial charge on any atom is -0.451 e. The number of hydrogen-bond acceptors (Lipinski definition) is 9. The van der Waals surface area contributed by atoms with E-state index in [0.717, 1.165) is 16.9 Å². The lowest BCUT2D eigenvalue weighted by molar-refractivity contribution is -0.114. The van der Waals surface area contributed by atoms with Gasteiger partial charge in [0.05, 0.1) is 0 Å². The van der Waals surface area contributed by atoms with Crippen LogP contribution in [0.3, 0.4) is 0 Å². The molecule has 0 bridgehead atoms. The second kappa shape index (κ2) is 6.67. The molecule has 0 saturated carbocycles. The average Bonchev–Trinajstić information content (AvgIpc) is 3.24. The van der Waals surface area contributed by atoms with Gasteiger partial charge in [-0.05, 0) is 11.4 Å². The highest BCUT2D eigenvalue weighted by molar-refractivity contribution is 7.14. The zero-order valence-electron chi connectivity index (χ0n) is 11.8. The Morgan fingerprint density at radius 2 is 2.22 bits per heavy atom. The van der Waals surface area contributed by atoms with Crippen molar-refractivity contribution in [3.63, 3.8) is 0 Å². The number of carbonyl (C=O) groups excluding carboxylic acids is 2. The Balaban J connectivity index is 1.58. The van der Waals surface area contributed by atoms with Gasteiger partial charge in [0.2, 0.25) is 11.7 Å². The molecule has 1 N–H and O–H groups in total. The Hall–Kier alpha value is -2.59. The second-order valence-electron chi connectivity index (χ2n) is 4.32. The summed E-state index contributed by atoms with van der Waals surface area (Å²) in [5, 5.41) is 11.9. The number of anilines is 1. The van der Waals surface area contributed by atoms with Crippen LogP contribution in [-0.2, 0) is 16.1 Å². The van der Waals surface area contributed by atoms with Gasteiger partial charge in [0, 0.05) is 23.2 Å². The van der Waals surface area contributed by atoms with Crippen molar-refractivity contribution in [2.24, 2.45) is 0 Å². The molecule has 3 aromatic rings. The van der Waals surface area contributed by atoms with Crippen molar-refractivity contribution >= 4 is 39.7 Å².